The number of hydrogen-bond acceptors (Lipinski definition) is 2. The van der Waals surface area contributed by atoms with E-state index in [9.17, 15) is 0 Å². The third kappa shape index (κ3) is 3.64. The van der Waals surface area contributed by atoms with E-state index in [1.54, 1.807) is 23.1 Å². The lowest BCUT2D eigenvalue weighted by Gasteiger charge is -2.05. The summed E-state index contributed by atoms with van der Waals surface area (Å²) >= 11 is 16.0. The van der Waals surface area contributed by atoms with Crippen molar-refractivity contribution < 1.29 is 0 Å². The fourth-order valence-corrected chi connectivity index (χ4v) is 4.84. The van der Waals surface area contributed by atoms with Gasteiger partial charge in [0.05, 0.1) is 4.21 Å². The highest BCUT2D eigenvalue weighted by Gasteiger charge is 2.08. The molecule has 0 aliphatic heterocycles. The molecule has 0 nitrogen and oxygen atoms in total. The van der Waals surface area contributed by atoms with Gasteiger partial charge in [-0.25, -0.2) is 0 Å². The van der Waals surface area contributed by atoms with Crippen LogP contribution < -0.4 is 0 Å². The van der Waals surface area contributed by atoms with E-state index in [1.165, 1.54) is 14.6 Å². The lowest BCUT2D eigenvalue weighted by molar-refractivity contribution is 1.41. The van der Waals surface area contributed by atoms with Gasteiger partial charge in [0.2, 0.25) is 0 Å². The van der Waals surface area contributed by atoms with Crippen LogP contribution in [0.15, 0.2) is 64.9 Å². The molecule has 106 valence electrons. The van der Waals surface area contributed by atoms with Crippen LogP contribution in [-0.2, 0) is 5.75 Å². The molecule has 0 atom stereocenters. The van der Waals surface area contributed by atoms with Crippen molar-refractivity contribution in [1.82, 2.24) is 0 Å². The molecule has 0 aliphatic carbocycles. The van der Waals surface area contributed by atoms with Crippen molar-refractivity contribution in [3.8, 4) is 10.4 Å². The lowest BCUT2D eigenvalue weighted by Crippen LogP contribution is -1.83. The van der Waals surface area contributed by atoms with Crippen LogP contribution >= 0.6 is 46.3 Å². The highest BCUT2D eigenvalue weighted by atomic mass is 35.5. The second-order valence-electron chi connectivity index (χ2n) is 4.47. The third-order valence-corrected chi connectivity index (χ3v) is 6.15. The van der Waals surface area contributed by atoms with Gasteiger partial charge in [-0.15, -0.1) is 23.1 Å². The van der Waals surface area contributed by atoms with Crippen LogP contribution in [0.5, 0.6) is 0 Å². The van der Waals surface area contributed by atoms with Crippen LogP contribution in [-0.4, -0.2) is 0 Å². The summed E-state index contributed by atoms with van der Waals surface area (Å²) in [7, 11) is 0. The van der Waals surface area contributed by atoms with E-state index in [1.807, 2.05) is 24.3 Å². The second-order valence-corrected chi connectivity index (χ2v) is 7.65. The normalized spacial score (nSPS) is 10.8. The number of rotatable bonds is 4. The van der Waals surface area contributed by atoms with Crippen LogP contribution in [0, 0.1) is 0 Å². The monoisotopic (exact) mass is 350 g/mol. The van der Waals surface area contributed by atoms with E-state index in [0.29, 0.717) is 0 Å². The molecular formula is C17H12Cl2S2. The van der Waals surface area contributed by atoms with Crippen molar-refractivity contribution in [3.63, 3.8) is 0 Å². The Kier molecular flexibility index (Phi) is 4.91. The highest BCUT2D eigenvalue weighted by Crippen LogP contribution is 2.37. The molecule has 0 bridgehead atoms. The molecule has 0 amide bonds. The molecule has 1 heterocycles. The molecule has 0 N–H and O–H groups in total. The number of benzene rings is 2. The molecule has 0 saturated heterocycles. The fourth-order valence-electron chi connectivity index (χ4n) is 1.97. The first-order valence-electron chi connectivity index (χ1n) is 6.45. The molecular weight excluding hydrogens is 339 g/mol. The molecule has 0 unspecified atom stereocenters. The van der Waals surface area contributed by atoms with Gasteiger partial charge in [0.15, 0.2) is 0 Å². The molecule has 3 rings (SSSR count). The van der Waals surface area contributed by atoms with Gasteiger partial charge < -0.3 is 0 Å². The Bertz CT molecular complexity index is 715. The minimum atomic E-state index is 0.731. The van der Waals surface area contributed by atoms with Crippen LogP contribution in [0.2, 0.25) is 10.0 Å². The zero-order valence-corrected chi connectivity index (χ0v) is 14.2. The van der Waals surface area contributed by atoms with Gasteiger partial charge >= 0.3 is 0 Å². The van der Waals surface area contributed by atoms with E-state index in [4.69, 9.17) is 23.2 Å². The van der Waals surface area contributed by atoms with Crippen molar-refractivity contribution in [3.05, 3.63) is 76.3 Å². The van der Waals surface area contributed by atoms with E-state index in [-0.39, 0.29) is 0 Å². The molecule has 0 spiro atoms. The molecule has 21 heavy (non-hydrogen) atoms. The fraction of sp³-hybridized carbons (Fsp3) is 0.0588. The van der Waals surface area contributed by atoms with Gasteiger partial charge in [0.1, 0.15) is 0 Å². The van der Waals surface area contributed by atoms with Crippen molar-refractivity contribution >= 4 is 46.3 Å². The van der Waals surface area contributed by atoms with Crippen LogP contribution in [0.1, 0.15) is 5.56 Å². The summed E-state index contributed by atoms with van der Waals surface area (Å²) in [5, 5.41) is 1.46. The molecule has 2 aromatic carbocycles. The third-order valence-electron chi connectivity index (χ3n) is 3.06. The maximum atomic E-state index is 6.20. The summed E-state index contributed by atoms with van der Waals surface area (Å²) in [5.74, 6) is 0.785. The van der Waals surface area contributed by atoms with Gasteiger partial charge in [0, 0.05) is 20.7 Å². The molecule has 3 aromatic rings. The number of thiophene rings is 1. The maximum Gasteiger partial charge on any atom is 0.0608 e. The Labute approximate surface area is 142 Å². The predicted molar refractivity (Wildman–Crippen MR) is 95.8 cm³/mol. The Hall–Kier alpha value is -0.930. The zero-order chi connectivity index (χ0) is 14.7. The Morgan fingerprint density at radius 2 is 1.52 bits per heavy atom. The van der Waals surface area contributed by atoms with Gasteiger partial charge in [-0.3, -0.25) is 0 Å². The highest BCUT2D eigenvalue weighted by molar-refractivity contribution is 8.00. The molecule has 0 aliphatic rings. The summed E-state index contributed by atoms with van der Waals surface area (Å²) < 4.78 is 1.27. The average molecular weight is 351 g/mol. The van der Waals surface area contributed by atoms with Crippen LogP contribution in [0.3, 0.4) is 0 Å². The lowest BCUT2D eigenvalue weighted by atomic mass is 10.2. The molecule has 0 fully saturated rings. The van der Waals surface area contributed by atoms with Crippen LogP contribution in [0.4, 0.5) is 0 Å². The van der Waals surface area contributed by atoms with Gasteiger partial charge in [-0.05, 0) is 35.4 Å². The standard InChI is InChI=1S/C17H12Cl2S2/c18-14-7-4-8-15(19)13(14)11-20-17-10-9-16(21-17)12-5-2-1-3-6-12/h1-10H,11H2. The minimum Gasteiger partial charge on any atom is -0.129 e. The summed E-state index contributed by atoms with van der Waals surface area (Å²) in [6.45, 7) is 0. The van der Waals surface area contributed by atoms with Crippen molar-refractivity contribution in [2.24, 2.45) is 0 Å². The first-order chi connectivity index (χ1) is 10.2. The predicted octanol–water partition coefficient (Wildman–Crippen LogP) is 7.01. The van der Waals surface area contributed by atoms with Crippen molar-refractivity contribution in [1.29, 1.82) is 0 Å². The number of thioether (sulfide) groups is 1. The Morgan fingerprint density at radius 3 is 2.24 bits per heavy atom. The molecule has 0 saturated carbocycles. The van der Waals surface area contributed by atoms with Crippen molar-refractivity contribution in [2.75, 3.05) is 0 Å². The summed E-state index contributed by atoms with van der Waals surface area (Å²) in [6, 6.07) is 20.4. The first kappa shape index (κ1) is 15.0. The minimum absolute atomic E-state index is 0.731. The summed E-state index contributed by atoms with van der Waals surface area (Å²) in [5.41, 5.74) is 2.26. The van der Waals surface area contributed by atoms with E-state index < -0.39 is 0 Å². The molecule has 0 radical (unpaired) electrons. The largest absolute Gasteiger partial charge is 0.129 e. The quantitative estimate of drug-likeness (QED) is 0.455. The Morgan fingerprint density at radius 1 is 0.810 bits per heavy atom. The van der Waals surface area contributed by atoms with Crippen LogP contribution in [0.25, 0.3) is 10.4 Å². The number of halogens is 2. The van der Waals surface area contributed by atoms with E-state index in [0.717, 1.165) is 21.4 Å². The second kappa shape index (κ2) is 6.89. The SMILES string of the molecule is Clc1cccc(Cl)c1CSc1ccc(-c2ccccc2)s1. The first-order valence-corrected chi connectivity index (χ1v) is 9.01. The van der Waals surface area contributed by atoms with Gasteiger partial charge in [-0.2, -0.15) is 0 Å². The average Bonchev–Trinajstić information content (AvgIpc) is 2.97. The zero-order valence-electron chi connectivity index (χ0n) is 11.1. The topological polar surface area (TPSA) is 0 Å². The molecule has 4 heteroatoms. The number of hydrogen-bond donors (Lipinski definition) is 0. The summed E-state index contributed by atoms with van der Waals surface area (Å²) in [6.07, 6.45) is 0. The Balaban J connectivity index is 1.74. The molecule has 1 aromatic heterocycles. The summed E-state index contributed by atoms with van der Waals surface area (Å²) in [4.78, 5) is 1.28. The maximum absolute atomic E-state index is 6.20. The van der Waals surface area contributed by atoms with E-state index >= 15 is 0 Å². The van der Waals surface area contributed by atoms with E-state index in [2.05, 4.69) is 36.4 Å². The smallest absolute Gasteiger partial charge is 0.0608 e. The van der Waals surface area contributed by atoms with Gasteiger partial charge in [-0.1, -0.05) is 59.6 Å². The van der Waals surface area contributed by atoms with Gasteiger partial charge in [0.25, 0.3) is 0 Å². The van der Waals surface area contributed by atoms with Crippen molar-refractivity contribution in [2.45, 2.75) is 9.96 Å².